The first-order chi connectivity index (χ1) is 14.2. The van der Waals surface area contributed by atoms with Gasteiger partial charge in [0.2, 0.25) is 0 Å². The lowest BCUT2D eigenvalue weighted by Crippen LogP contribution is -2.23. The molecule has 29 heavy (non-hydrogen) atoms. The minimum Gasteiger partial charge on any atom is -0.335 e. The Morgan fingerprint density at radius 1 is 0.862 bits per heavy atom. The van der Waals surface area contributed by atoms with Crippen LogP contribution in [-0.2, 0) is 12.8 Å². The first kappa shape index (κ1) is 19.8. The topological polar surface area (TPSA) is 48.6 Å². The van der Waals surface area contributed by atoms with E-state index in [0.29, 0.717) is 23.0 Å². The number of aromatic amines is 2. The van der Waals surface area contributed by atoms with Crippen molar-refractivity contribution < 1.29 is 0 Å². The number of aromatic nitrogens is 2. The molecule has 0 radical (unpaired) electrons. The van der Waals surface area contributed by atoms with Crippen LogP contribution in [0.15, 0.2) is 59.4 Å². The van der Waals surface area contributed by atoms with Gasteiger partial charge in [0.1, 0.15) is 0 Å². The zero-order valence-corrected chi connectivity index (χ0v) is 17.7. The predicted molar refractivity (Wildman–Crippen MR) is 121 cm³/mol. The van der Waals surface area contributed by atoms with Crippen molar-refractivity contribution in [1.82, 2.24) is 9.97 Å². The van der Waals surface area contributed by atoms with Crippen LogP contribution in [0.4, 0.5) is 0 Å². The van der Waals surface area contributed by atoms with Crippen LogP contribution in [-0.4, -0.2) is 9.97 Å². The number of hydrogen-bond donors (Lipinski definition) is 2. The molecule has 0 spiro atoms. The average molecular weight is 405 g/mol. The molecule has 0 amide bonds. The van der Waals surface area contributed by atoms with Crippen LogP contribution in [0, 0.1) is 4.77 Å². The fourth-order valence-electron chi connectivity index (χ4n) is 4.76. The predicted octanol–water partition coefficient (Wildman–Crippen LogP) is 6.03. The summed E-state index contributed by atoms with van der Waals surface area (Å²) in [4.78, 5) is 19.0. The molecule has 1 aromatic heterocycles. The molecule has 2 N–H and O–H groups in total. The molecule has 4 rings (SSSR count). The second kappa shape index (κ2) is 8.91. The molecule has 1 heterocycles. The molecule has 1 fully saturated rings. The molecular weight excluding hydrogens is 376 g/mol. The van der Waals surface area contributed by atoms with Crippen LogP contribution in [0.3, 0.4) is 0 Å². The lowest BCUT2D eigenvalue weighted by atomic mass is 9.76. The Hall–Kier alpha value is -2.46. The molecule has 0 saturated heterocycles. The average Bonchev–Trinajstić information content (AvgIpc) is 2.76. The third-order valence-corrected chi connectivity index (χ3v) is 6.55. The molecule has 3 aromatic rings. The summed E-state index contributed by atoms with van der Waals surface area (Å²) in [7, 11) is 0. The summed E-state index contributed by atoms with van der Waals surface area (Å²) in [6, 6.07) is 19.2. The van der Waals surface area contributed by atoms with Crippen molar-refractivity contribution in [1.29, 1.82) is 0 Å². The number of nitrogens with one attached hydrogen (secondary N) is 2. The van der Waals surface area contributed by atoms with E-state index in [-0.39, 0.29) is 5.56 Å². The zero-order chi connectivity index (χ0) is 20.2. The van der Waals surface area contributed by atoms with Gasteiger partial charge in [0.05, 0.1) is 0 Å². The van der Waals surface area contributed by atoms with Gasteiger partial charge in [-0.25, -0.2) is 0 Å². The van der Waals surface area contributed by atoms with Gasteiger partial charge in [-0.2, -0.15) is 0 Å². The summed E-state index contributed by atoms with van der Waals surface area (Å²) in [5, 5.41) is 0. The van der Waals surface area contributed by atoms with Gasteiger partial charge in [-0.05, 0) is 72.8 Å². The van der Waals surface area contributed by atoms with E-state index in [1.54, 1.807) is 0 Å². The highest BCUT2D eigenvalue weighted by molar-refractivity contribution is 7.71. The van der Waals surface area contributed by atoms with Gasteiger partial charge < -0.3 is 4.98 Å². The fourth-order valence-corrected chi connectivity index (χ4v) is 4.96. The third-order valence-electron chi connectivity index (χ3n) is 6.35. The molecule has 0 atom stereocenters. The van der Waals surface area contributed by atoms with E-state index in [0.717, 1.165) is 43.4 Å². The number of benzene rings is 2. The molecule has 4 heteroatoms. The number of hydrogen-bond acceptors (Lipinski definition) is 2. The van der Waals surface area contributed by atoms with Gasteiger partial charge in [-0.1, -0.05) is 61.5 Å². The largest absolute Gasteiger partial charge is 0.335 e. The highest BCUT2D eigenvalue weighted by Gasteiger charge is 2.26. The van der Waals surface area contributed by atoms with Crippen molar-refractivity contribution in [2.45, 2.75) is 57.3 Å². The van der Waals surface area contributed by atoms with Crippen LogP contribution in [0.1, 0.15) is 72.4 Å². The van der Waals surface area contributed by atoms with Crippen LogP contribution in [0.5, 0.6) is 0 Å². The molecule has 150 valence electrons. The highest BCUT2D eigenvalue weighted by Crippen LogP contribution is 2.40. The molecular formula is C25H28N2OS. The summed E-state index contributed by atoms with van der Waals surface area (Å²) in [6.45, 7) is 2.16. The monoisotopic (exact) mass is 404 g/mol. The Bertz CT molecular complexity index is 1080. The minimum absolute atomic E-state index is 0.0418. The molecule has 1 saturated carbocycles. The van der Waals surface area contributed by atoms with Crippen molar-refractivity contribution in [3.63, 3.8) is 0 Å². The van der Waals surface area contributed by atoms with E-state index in [2.05, 4.69) is 71.5 Å². The van der Waals surface area contributed by atoms with E-state index in [9.17, 15) is 4.79 Å². The second-order valence-electron chi connectivity index (χ2n) is 8.06. The summed E-state index contributed by atoms with van der Waals surface area (Å²) in [5.41, 5.74) is 5.82. The quantitative estimate of drug-likeness (QED) is 0.510. The van der Waals surface area contributed by atoms with Crippen molar-refractivity contribution in [2.75, 3.05) is 0 Å². The summed E-state index contributed by atoms with van der Waals surface area (Å²) in [5.74, 6) is 0.976. The van der Waals surface area contributed by atoms with Crippen LogP contribution < -0.4 is 5.56 Å². The van der Waals surface area contributed by atoms with E-state index >= 15 is 0 Å². The van der Waals surface area contributed by atoms with E-state index in [1.807, 2.05) is 0 Å². The van der Waals surface area contributed by atoms with E-state index in [1.165, 1.54) is 16.7 Å². The molecule has 1 aliphatic rings. The highest BCUT2D eigenvalue weighted by atomic mass is 32.1. The Labute approximate surface area is 177 Å². The molecule has 1 aliphatic carbocycles. The lowest BCUT2D eigenvalue weighted by molar-refractivity contribution is 0.389. The van der Waals surface area contributed by atoms with Gasteiger partial charge in [0, 0.05) is 17.7 Å². The molecule has 0 aliphatic heterocycles. The van der Waals surface area contributed by atoms with E-state index in [4.69, 9.17) is 12.2 Å². The lowest BCUT2D eigenvalue weighted by Gasteiger charge is -2.30. The van der Waals surface area contributed by atoms with Gasteiger partial charge in [-0.15, -0.1) is 0 Å². The van der Waals surface area contributed by atoms with Crippen LogP contribution in [0.25, 0.3) is 0 Å². The SMILES string of the molecule is CCc1ccccc1Cc1c(C2CCC(c3ccccc3)CC2)[nH]c(=S)[nH]c1=O. The Balaban J connectivity index is 1.61. The van der Waals surface area contributed by atoms with Gasteiger partial charge in [0.25, 0.3) is 5.56 Å². The van der Waals surface area contributed by atoms with Crippen molar-refractivity contribution in [3.05, 3.63) is 97.7 Å². The van der Waals surface area contributed by atoms with Crippen molar-refractivity contribution >= 4 is 12.2 Å². The number of H-pyrrole nitrogens is 2. The van der Waals surface area contributed by atoms with Gasteiger partial charge in [-0.3, -0.25) is 9.78 Å². The first-order valence-electron chi connectivity index (χ1n) is 10.6. The maximum atomic E-state index is 12.9. The van der Waals surface area contributed by atoms with Crippen LogP contribution in [0.2, 0.25) is 0 Å². The van der Waals surface area contributed by atoms with Crippen molar-refractivity contribution in [2.24, 2.45) is 0 Å². The smallest absolute Gasteiger partial charge is 0.255 e. The third kappa shape index (κ3) is 4.43. The molecule has 0 unspecified atom stereocenters. The van der Waals surface area contributed by atoms with E-state index < -0.39 is 0 Å². The van der Waals surface area contributed by atoms with Crippen LogP contribution >= 0.6 is 12.2 Å². The Kier molecular flexibility index (Phi) is 6.10. The molecule has 2 aromatic carbocycles. The first-order valence-corrected chi connectivity index (χ1v) is 11.0. The summed E-state index contributed by atoms with van der Waals surface area (Å²) >= 11 is 5.32. The van der Waals surface area contributed by atoms with Crippen molar-refractivity contribution in [3.8, 4) is 0 Å². The Morgan fingerprint density at radius 3 is 2.17 bits per heavy atom. The van der Waals surface area contributed by atoms with Gasteiger partial charge in [0.15, 0.2) is 4.77 Å². The standard InChI is InChI=1S/C25H28N2OS/c1-2-17-8-6-7-11-21(17)16-22-23(26-25(29)27-24(22)28)20-14-12-19(13-15-20)18-9-4-3-5-10-18/h3-11,19-20H,2,12-16H2,1H3,(H2,26,27,28,29). The molecule has 0 bridgehead atoms. The maximum Gasteiger partial charge on any atom is 0.255 e. The maximum absolute atomic E-state index is 12.9. The molecule has 3 nitrogen and oxygen atoms in total. The zero-order valence-electron chi connectivity index (χ0n) is 16.9. The number of aryl methyl sites for hydroxylation is 1. The summed E-state index contributed by atoms with van der Waals surface area (Å²) < 4.78 is 0.433. The Morgan fingerprint density at radius 2 is 1.48 bits per heavy atom. The van der Waals surface area contributed by atoms with Gasteiger partial charge >= 0.3 is 0 Å². The summed E-state index contributed by atoms with van der Waals surface area (Å²) in [6.07, 6.45) is 6.07. The second-order valence-corrected chi connectivity index (χ2v) is 8.47. The normalized spacial score (nSPS) is 19.2. The fraction of sp³-hybridized carbons (Fsp3) is 0.360. The minimum atomic E-state index is -0.0418. The number of rotatable bonds is 5.